The highest BCUT2D eigenvalue weighted by molar-refractivity contribution is 7.09. The largest absolute Gasteiger partial charge is 0.356 e. The second-order valence-corrected chi connectivity index (χ2v) is 6.89. The van der Waals surface area contributed by atoms with Gasteiger partial charge in [-0.1, -0.05) is 6.07 Å². The SMILES string of the molecule is CC(=O)c1c[nH]c(C(=O)N2CCCN(Cc3cccs3)CC2)c1. The molecule has 0 bridgehead atoms. The van der Waals surface area contributed by atoms with Crippen molar-refractivity contribution in [1.29, 1.82) is 0 Å². The molecule has 3 heterocycles. The van der Waals surface area contributed by atoms with Gasteiger partial charge in [0.1, 0.15) is 5.69 Å². The van der Waals surface area contributed by atoms with Crippen LogP contribution in [0.5, 0.6) is 0 Å². The predicted molar refractivity (Wildman–Crippen MR) is 90.9 cm³/mol. The molecule has 0 aliphatic carbocycles. The fourth-order valence-corrected chi connectivity index (χ4v) is 3.59. The topological polar surface area (TPSA) is 56.4 Å². The standard InChI is InChI=1S/C17H21N3O2S/c1-13(21)14-10-16(18-11-14)17(22)20-6-3-5-19(7-8-20)12-15-4-2-9-23-15/h2,4,9-11,18H,3,5-8,12H2,1H3. The van der Waals surface area contributed by atoms with Gasteiger partial charge in [-0.25, -0.2) is 0 Å². The minimum absolute atomic E-state index is 0.0181. The Morgan fingerprint density at radius 2 is 2.13 bits per heavy atom. The zero-order chi connectivity index (χ0) is 16.2. The molecule has 1 saturated heterocycles. The molecule has 1 N–H and O–H groups in total. The van der Waals surface area contributed by atoms with Crippen molar-refractivity contribution in [2.24, 2.45) is 0 Å². The molecule has 0 saturated carbocycles. The third-order valence-electron chi connectivity index (χ3n) is 4.16. The van der Waals surface area contributed by atoms with Crippen LogP contribution in [0.15, 0.2) is 29.8 Å². The van der Waals surface area contributed by atoms with Gasteiger partial charge in [0.25, 0.3) is 5.91 Å². The van der Waals surface area contributed by atoms with E-state index < -0.39 is 0 Å². The van der Waals surface area contributed by atoms with E-state index >= 15 is 0 Å². The summed E-state index contributed by atoms with van der Waals surface area (Å²) in [4.78, 5) is 32.5. The zero-order valence-corrected chi connectivity index (χ0v) is 14.1. The molecule has 1 aliphatic heterocycles. The Bertz CT molecular complexity index is 678. The Morgan fingerprint density at radius 3 is 2.83 bits per heavy atom. The van der Waals surface area contributed by atoms with E-state index in [1.165, 1.54) is 11.8 Å². The number of carbonyl (C=O) groups excluding carboxylic acids is 2. The highest BCUT2D eigenvalue weighted by Crippen LogP contribution is 2.15. The Morgan fingerprint density at radius 1 is 1.26 bits per heavy atom. The molecule has 2 aromatic heterocycles. The van der Waals surface area contributed by atoms with Crippen LogP contribution in [-0.2, 0) is 6.54 Å². The molecule has 0 spiro atoms. The average molecular weight is 331 g/mol. The predicted octanol–water partition coefficient (Wildman–Crippen LogP) is 2.63. The van der Waals surface area contributed by atoms with Crippen LogP contribution in [0.1, 0.15) is 39.1 Å². The number of hydrogen-bond acceptors (Lipinski definition) is 4. The molecule has 5 nitrogen and oxygen atoms in total. The third-order valence-corrected chi connectivity index (χ3v) is 5.02. The normalized spacial score (nSPS) is 16.3. The number of thiophene rings is 1. The number of nitrogens with one attached hydrogen (secondary N) is 1. The lowest BCUT2D eigenvalue weighted by molar-refractivity contribution is 0.0756. The summed E-state index contributed by atoms with van der Waals surface area (Å²) in [6.07, 6.45) is 2.58. The summed E-state index contributed by atoms with van der Waals surface area (Å²) >= 11 is 1.77. The van der Waals surface area contributed by atoms with Crippen LogP contribution in [-0.4, -0.2) is 52.7 Å². The fraction of sp³-hybridized carbons (Fsp3) is 0.412. The molecule has 3 rings (SSSR count). The molecule has 6 heteroatoms. The van der Waals surface area contributed by atoms with Crippen LogP contribution in [0.2, 0.25) is 0 Å². The van der Waals surface area contributed by atoms with Crippen LogP contribution < -0.4 is 0 Å². The van der Waals surface area contributed by atoms with Crippen molar-refractivity contribution in [3.8, 4) is 0 Å². The summed E-state index contributed by atoms with van der Waals surface area (Å²) < 4.78 is 0. The first-order valence-electron chi connectivity index (χ1n) is 7.87. The smallest absolute Gasteiger partial charge is 0.270 e. The van der Waals surface area contributed by atoms with E-state index in [1.807, 2.05) is 4.90 Å². The van der Waals surface area contributed by atoms with Gasteiger partial charge in [0.15, 0.2) is 5.78 Å². The maximum absolute atomic E-state index is 12.6. The lowest BCUT2D eigenvalue weighted by atomic mass is 10.2. The van der Waals surface area contributed by atoms with E-state index in [1.54, 1.807) is 23.6 Å². The Labute approximate surface area is 139 Å². The summed E-state index contributed by atoms with van der Waals surface area (Å²) in [6, 6.07) is 5.88. The molecule has 2 aromatic rings. The monoisotopic (exact) mass is 331 g/mol. The number of carbonyl (C=O) groups is 2. The highest BCUT2D eigenvalue weighted by Gasteiger charge is 2.22. The maximum Gasteiger partial charge on any atom is 0.270 e. The zero-order valence-electron chi connectivity index (χ0n) is 13.2. The van der Waals surface area contributed by atoms with Gasteiger partial charge in [-0.05, 0) is 30.9 Å². The van der Waals surface area contributed by atoms with E-state index in [4.69, 9.17) is 0 Å². The molecule has 1 fully saturated rings. The van der Waals surface area contributed by atoms with Crippen LogP contribution in [0.4, 0.5) is 0 Å². The Hall–Kier alpha value is -1.92. The lowest BCUT2D eigenvalue weighted by Crippen LogP contribution is -2.35. The first-order chi connectivity index (χ1) is 11.1. The van der Waals surface area contributed by atoms with Crippen molar-refractivity contribution < 1.29 is 9.59 Å². The number of Topliss-reactive ketones (excluding diaryl/α,β-unsaturated/α-hetero) is 1. The van der Waals surface area contributed by atoms with E-state index in [9.17, 15) is 9.59 Å². The van der Waals surface area contributed by atoms with Gasteiger partial charge in [0.05, 0.1) is 0 Å². The van der Waals surface area contributed by atoms with Crippen LogP contribution >= 0.6 is 11.3 Å². The van der Waals surface area contributed by atoms with E-state index in [0.29, 0.717) is 11.3 Å². The number of H-pyrrole nitrogens is 1. The van der Waals surface area contributed by atoms with E-state index in [0.717, 1.165) is 39.1 Å². The Balaban J connectivity index is 1.60. The van der Waals surface area contributed by atoms with Gasteiger partial charge in [-0.15, -0.1) is 11.3 Å². The summed E-state index contributed by atoms with van der Waals surface area (Å²) in [5, 5.41) is 2.10. The molecule has 0 unspecified atom stereocenters. The number of hydrogen-bond donors (Lipinski definition) is 1. The van der Waals surface area contributed by atoms with Crippen LogP contribution in [0, 0.1) is 0 Å². The van der Waals surface area contributed by atoms with Gasteiger partial charge in [-0.3, -0.25) is 14.5 Å². The minimum atomic E-state index is -0.0294. The molecule has 1 aliphatic rings. The number of aromatic amines is 1. The molecule has 1 amide bonds. The van der Waals surface area contributed by atoms with E-state index in [-0.39, 0.29) is 11.7 Å². The molecule has 0 aromatic carbocycles. The molecule has 0 atom stereocenters. The fourth-order valence-electron chi connectivity index (χ4n) is 2.85. The number of rotatable bonds is 4. The van der Waals surface area contributed by atoms with Gasteiger partial charge in [-0.2, -0.15) is 0 Å². The lowest BCUT2D eigenvalue weighted by Gasteiger charge is -2.21. The van der Waals surface area contributed by atoms with Gasteiger partial charge in [0, 0.05) is 49.4 Å². The number of nitrogens with zero attached hydrogens (tertiary/aromatic N) is 2. The van der Waals surface area contributed by atoms with Crippen molar-refractivity contribution in [3.63, 3.8) is 0 Å². The number of ketones is 1. The van der Waals surface area contributed by atoms with Crippen molar-refractivity contribution in [3.05, 3.63) is 45.9 Å². The molecule has 122 valence electrons. The number of amides is 1. The van der Waals surface area contributed by atoms with Crippen molar-refractivity contribution >= 4 is 23.0 Å². The van der Waals surface area contributed by atoms with Crippen LogP contribution in [0.3, 0.4) is 0 Å². The molecular weight excluding hydrogens is 310 g/mol. The van der Waals surface area contributed by atoms with Crippen LogP contribution in [0.25, 0.3) is 0 Å². The van der Waals surface area contributed by atoms with E-state index in [2.05, 4.69) is 27.4 Å². The van der Waals surface area contributed by atoms with Gasteiger partial charge < -0.3 is 9.88 Å². The van der Waals surface area contributed by atoms with Crippen molar-refractivity contribution in [2.75, 3.05) is 26.2 Å². The van der Waals surface area contributed by atoms with Crippen molar-refractivity contribution in [1.82, 2.24) is 14.8 Å². The quantitative estimate of drug-likeness (QED) is 0.876. The first kappa shape index (κ1) is 16.0. The minimum Gasteiger partial charge on any atom is -0.356 e. The molecule has 0 radical (unpaired) electrons. The van der Waals surface area contributed by atoms with Crippen molar-refractivity contribution in [2.45, 2.75) is 19.9 Å². The van der Waals surface area contributed by atoms with Gasteiger partial charge >= 0.3 is 0 Å². The molecule has 23 heavy (non-hydrogen) atoms. The number of aromatic nitrogens is 1. The third kappa shape index (κ3) is 3.89. The van der Waals surface area contributed by atoms with Gasteiger partial charge in [0.2, 0.25) is 0 Å². The summed E-state index contributed by atoms with van der Waals surface area (Å²) in [7, 11) is 0. The summed E-state index contributed by atoms with van der Waals surface area (Å²) in [5.41, 5.74) is 1.06. The summed E-state index contributed by atoms with van der Waals surface area (Å²) in [6.45, 7) is 5.82. The maximum atomic E-state index is 12.6. The average Bonchev–Trinajstić information content (AvgIpc) is 3.16. The Kier molecular flexibility index (Phi) is 4.93. The molecular formula is C17H21N3O2S. The first-order valence-corrected chi connectivity index (χ1v) is 8.75. The second-order valence-electron chi connectivity index (χ2n) is 5.86. The highest BCUT2D eigenvalue weighted by atomic mass is 32.1. The second kappa shape index (κ2) is 7.10. The summed E-state index contributed by atoms with van der Waals surface area (Å²) in [5.74, 6) is -0.0474.